The fraction of sp³-hybridized carbons (Fsp3) is 0.250. The largest absolute Gasteiger partial charge is 0.573 e. The molecule has 32 heavy (non-hydrogen) atoms. The number of ether oxygens (including phenoxy) is 2. The van der Waals surface area contributed by atoms with E-state index in [0.717, 1.165) is 16.9 Å². The number of H-pyrrole nitrogens is 1. The van der Waals surface area contributed by atoms with Crippen LogP contribution in [0.25, 0.3) is 23.3 Å². The van der Waals surface area contributed by atoms with Crippen LogP contribution >= 0.6 is 0 Å². The average Bonchev–Trinajstić information content (AvgIpc) is 3.15. The quantitative estimate of drug-likeness (QED) is 0.459. The molecule has 0 fully saturated rings. The van der Waals surface area contributed by atoms with Crippen LogP contribution in [0.5, 0.6) is 11.5 Å². The molecule has 0 atom stereocenters. The van der Waals surface area contributed by atoms with Gasteiger partial charge >= 0.3 is 6.36 Å². The van der Waals surface area contributed by atoms with Crippen molar-refractivity contribution in [2.75, 3.05) is 0 Å². The Hall–Kier alpha value is -3.73. The number of nitriles is 1. The zero-order valence-electron chi connectivity index (χ0n) is 18.0. The molecule has 0 spiro atoms. The van der Waals surface area contributed by atoms with Crippen molar-refractivity contribution in [2.45, 2.75) is 39.7 Å². The van der Waals surface area contributed by atoms with Crippen molar-refractivity contribution in [1.29, 1.82) is 5.26 Å². The lowest BCUT2D eigenvalue weighted by Gasteiger charge is -2.22. The van der Waals surface area contributed by atoms with E-state index in [1.165, 1.54) is 18.3 Å². The van der Waals surface area contributed by atoms with E-state index in [0.29, 0.717) is 16.7 Å². The van der Waals surface area contributed by atoms with Gasteiger partial charge in [0.1, 0.15) is 28.9 Å². The maximum absolute atomic E-state index is 12.8. The van der Waals surface area contributed by atoms with Gasteiger partial charge in [0.15, 0.2) is 0 Å². The smallest absolute Gasteiger partial charge is 0.488 e. The SMILES string of the molecule is Cc1ccc(/C=C/c2cc(OC(F)(F)F)cc(-c3cn[nH]c3C#N)c2)cc1OC(C)(C)C. The Morgan fingerprint density at radius 2 is 1.72 bits per heavy atom. The highest BCUT2D eigenvalue weighted by Crippen LogP contribution is 2.32. The van der Waals surface area contributed by atoms with Gasteiger partial charge in [-0.25, -0.2) is 0 Å². The standard InChI is InChI=1S/C24H22F3N3O2/c1-15-5-6-16(11-22(15)32-23(2,3)4)7-8-17-9-18(20-14-29-30-21(20)13-28)12-19(10-17)31-24(25,26)27/h5-12,14H,1-4H3,(H,29,30)/b8-7+. The summed E-state index contributed by atoms with van der Waals surface area (Å²) in [6.45, 7) is 7.80. The second-order valence-electron chi connectivity index (χ2n) is 8.18. The predicted octanol–water partition coefficient (Wildman–Crippen LogP) is 6.50. The summed E-state index contributed by atoms with van der Waals surface area (Å²) in [4.78, 5) is 0. The molecule has 0 aliphatic carbocycles. The van der Waals surface area contributed by atoms with Gasteiger partial charge in [-0.15, -0.1) is 13.2 Å². The molecule has 0 amide bonds. The second kappa shape index (κ2) is 8.79. The zero-order chi connectivity index (χ0) is 23.5. The molecular formula is C24H22F3N3O2. The van der Waals surface area contributed by atoms with E-state index in [2.05, 4.69) is 14.9 Å². The number of aromatic amines is 1. The van der Waals surface area contributed by atoms with E-state index in [4.69, 9.17) is 4.74 Å². The Balaban J connectivity index is 1.99. The number of nitrogens with zero attached hydrogens (tertiary/aromatic N) is 2. The first-order valence-electron chi connectivity index (χ1n) is 9.76. The minimum absolute atomic E-state index is 0.145. The highest BCUT2D eigenvalue weighted by molar-refractivity contribution is 5.77. The maximum Gasteiger partial charge on any atom is 0.573 e. The van der Waals surface area contributed by atoms with Crippen LogP contribution < -0.4 is 9.47 Å². The fourth-order valence-corrected chi connectivity index (χ4v) is 3.01. The van der Waals surface area contributed by atoms with Gasteiger partial charge in [0.25, 0.3) is 0 Å². The van der Waals surface area contributed by atoms with Crippen LogP contribution in [0.3, 0.4) is 0 Å². The van der Waals surface area contributed by atoms with Crippen molar-refractivity contribution in [1.82, 2.24) is 10.2 Å². The number of rotatable bonds is 5. The zero-order valence-corrected chi connectivity index (χ0v) is 18.0. The molecule has 3 rings (SSSR count). The number of hydrogen-bond donors (Lipinski definition) is 1. The van der Waals surface area contributed by atoms with Gasteiger partial charge in [0.2, 0.25) is 0 Å². The molecule has 5 nitrogen and oxygen atoms in total. The van der Waals surface area contributed by atoms with E-state index in [1.807, 2.05) is 52.0 Å². The monoisotopic (exact) mass is 441 g/mol. The van der Waals surface area contributed by atoms with Gasteiger partial charge in [0.05, 0.1) is 6.20 Å². The number of aromatic nitrogens is 2. The first-order chi connectivity index (χ1) is 14.9. The van der Waals surface area contributed by atoms with E-state index < -0.39 is 6.36 Å². The molecule has 3 aromatic rings. The van der Waals surface area contributed by atoms with Crippen LogP contribution in [0.2, 0.25) is 0 Å². The second-order valence-corrected chi connectivity index (χ2v) is 8.18. The van der Waals surface area contributed by atoms with E-state index in [9.17, 15) is 18.4 Å². The third-order valence-corrected chi connectivity index (χ3v) is 4.32. The fourth-order valence-electron chi connectivity index (χ4n) is 3.01. The van der Waals surface area contributed by atoms with Gasteiger partial charge in [-0.05, 0) is 74.2 Å². The third-order valence-electron chi connectivity index (χ3n) is 4.32. The van der Waals surface area contributed by atoms with Gasteiger partial charge in [0, 0.05) is 5.56 Å². The summed E-state index contributed by atoms with van der Waals surface area (Å²) in [7, 11) is 0. The highest BCUT2D eigenvalue weighted by Gasteiger charge is 2.31. The van der Waals surface area contributed by atoms with Gasteiger partial charge in [-0.1, -0.05) is 24.3 Å². The molecule has 0 unspecified atom stereocenters. The minimum atomic E-state index is -4.84. The summed E-state index contributed by atoms with van der Waals surface area (Å²) in [5, 5.41) is 15.5. The van der Waals surface area contributed by atoms with Crippen molar-refractivity contribution in [3.63, 3.8) is 0 Å². The molecule has 166 valence electrons. The van der Waals surface area contributed by atoms with Crippen LogP contribution in [0.15, 0.2) is 42.6 Å². The predicted molar refractivity (Wildman–Crippen MR) is 116 cm³/mol. The Labute approximate surface area is 184 Å². The van der Waals surface area contributed by atoms with Gasteiger partial charge in [-0.3, -0.25) is 5.10 Å². The van der Waals surface area contributed by atoms with Crippen LogP contribution in [0.4, 0.5) is 13.2 Å². The van der Waals surface area contributed by atoms with Crippen LogP contribution in [-0.2, 0) is 0 Å². The van der Waals surface area contributed by atoms with Crippen molar-refractivity contribution < 1.29 is 22.6 Å². The normalized spacial score (nSPS) is 12.1. The molecule has 0 bridgehead atoms. The average molecular weight is 441 g/mol. The summed E-state index contributed by atoms with van der Waals surface area (Å²) < 4.78 is 48.6. The Morgan fingerprint density at radius 3 is 2.38 bits per heavy atom. The summed E-state index contributed by atoms with van der Waals surface area (Å²) in [5.74, 6) is 0.340. The van der Waals surface area contributed by atoms with Crippen molar-refractivity contribution in [3.05, 3.63) is 65.0 Å². The molecule has 0 saturated carbocycles. The molecule has 1 heterocycles. The van der Waals surface area contributed by atoms with Gasteiger partial charge in [-0.2, -0.15) is 10.4 Å². The summed E-state index contributed by atoms with van der Waals surface area (Å²) in [6, 6.07) is 11.8. The third kappa shape index (κ3) is 6.14. The lowest BCUT2D eigenvalue weighted by atomic mass is 10.0. The van der Waals surface area contributed by atoms with E-state index >= 15 is 0 Å². The molecular weight excluding hydrogens is 419 g/mol. The van der Waals surface area contributed by atoms with Crippen LogP contribution in [0.1, 0.15) is 43.2 Å². The molecule has 8 heteroatoms. The summed E-state index contributed by atoms with van der Waals surface area (Å²) >= 11 is 0. The number of alkyl halides is 3. The topological polar surface area (TPSA) is 70.9 Å². The van der Waals surface area contributed by atoms with E-state index in [-0.39, 0.29) is 17.0 Å². The Bertz CT molecular complexity index is 1180. The maximum atomic E-state index is 12.8. The molecule has 1 aromatic heterocycles. The number of hydrogen-bond acceptors (Lipinski definition) is 4. The first kappa shape index (κ1) is 22.9. The first-order valence-corrected chi connectivity index (χ1v) is 9.76. The number of benzene rings is 2. The van der Waals surface area contributed by atoms with Crippen molar-refractivity contribution in [2.24, 2.45) is 0 Å². The summed E-state index contributed by atoms with van der Waals surface area (Å²) in [5.41, 5.74) is 2.79. The van der Waals surface area contributed by atoms with Crippen molar-refractivity contribution >= 4 is 12.2 Å². The molecule has 0 aliphatic rings. The van der Waals surface area contributed by atoms with Crippen molar-refractivity contribution in [3.8, 4) is 28.7 Å². The Kier molecular flexibility index (Phi) is 6.30. The Morgan fingerprint density at radius 1 is 1.00 bits per heavy atom. The summed E-state index contributed by atoms with van der Waals surface area (Å²) in [6.07, 6.45) is -0.0184. The number of nitrogens with one attached hydrogen (secondary N) is 1. The highest BCUT2D eigenvalue weighted by atomic mass is 19.4. The molecule has 2 aromatic carbocycles. The number of halogens is 3. The lowest BCUT2D eigenvalue weighted by molar-refractivity contribution is -0.274. The number of aryl methyl sites for hydroxylation is 1. The molecule has 0 aliphatic heterocycles. The van der Waals surface area contributed by atoms with Gasteiger partial charge < -0.3 is 9.47 Å². The molecule has 0 radical (unpaired) electrons. The van der Waals surface area contributed by atoms with Crippen LogP contribution in [0, 0.1) is 18.3 Å². The minimum Gasteiger partial charge on any atom is -0.488 e. The molecule has 1 N–H and O–H groups in total. The van der Waals surface area contributed by atoms with E-state index in [1.54, 1.807) is 18.2 Å². The lowest BCUT2D eigenvalue weighted by Crippen LogP contribution is -2.23. The van der Waals surface area contributed by atoms with Crippen LogP contribution in [-0.4, -0.2) is 22.2 Å². The molecule has 0 saturated heterocycles.